The molecule has 0 bridgehead atoms. The molecule has 1 fully saturated rings. The quantitative estimate of drug-likeness (QED) is 0.478. The van der Waals surface area contributed by atoms with Crippen molar-refractivity contribution in [2.24, 2.45) is 16.8 Å². The van der Waals surface area contributed by atoms with Gasteiger partial charge in [-0.25, -0.2) is 4.99 Å². The minimum atomic E-state index is 0. The van der Waals surface area contributed by atoms with Gasteiger partial charge in [-0.3, -0.25) is 5.84 Å². The Morgan fingerprint density at radius 3 is 3.00 bits per heavy atom. The summed E-state index contributed by atoms with van der Waals surface area (Å²) in [6, 6.07) is 2.04. The molecule has 1 aliphatic heterocycles. The highest BCUT2D eigenvalue weighted by atomic mass is 15.2. The van der Waals surface area contributed by atoms with Crippen molar-refractivity contribution in [3.8, 4) is 0 Å². The Hall–Kier alpha value is -1.75. The van der Waals surface area contributed by atoms with Crippen LogP contribution in [0.25, 0.3) is 5.70 Å². The lowest BCUT2D eigenvalue weighted by atomic mass is 9.85. The van der Waals surface area contributed by atoms with E-state index in [0.717, 1.165) is 22.8 Å². The summed E-state index contributed by atoms with van der Waals surface area (Å²) in [5.74, 6) is 7.18. The molecule has 2 heterocycles. The average molecular weight is 247 g/mol. The molecule has 1 aromatic heterocycles. The third-order valence-electron chi connectivity index (χ3n) is 3.84. The minimum Gasteiger partial charge on any atom is -0.346 e. The first-order chi connectivity index (χ1) is 8.90. The highest BCUT2D eigenvalue weighted by molar-refractivity contribution is 5.87. The topological polar surface area (TPSA) is 78.2 Å². The van der Waals surface area contributed by atoms with Gasteiger partial charge >= 0.3 is 0 Å². The number of hydrogen-bond acceptors (Lipinski definition) is 4. The summed E-state index contributed by atoms with van der Waals surface area (Å²) in [7, 11) is 0. The molecular formula is C13H21N5. The van der Waals surface area contributed by atoms with Crippen molar-refractivity contribution in [2.75, 3.05) is 0 Å². The third-order valence-corrected chi connectivity index (χ3v) is 3.84. The van der Waals surface area contributed by atoms with Crippen LogP contribution in [0.1, 0.15) is 39.1 Å². The second-order valence-corrected chi connectivity index (χ2v) is 4.91. The predicted octanol–water partition coefficient (Wildman–Crippen LogP) is 2.24. The van der Waals surface area contributed by atoms with Crippen LogP contribution in [0.3, 0.4) is 0 Å². The van der Waals surface area contributed by atoms with Gasteiger partial charge in [0.05, 0.1) is 17.7 Å². The lowest BCUT2D eigenvalue weighted by Crippen LogP contribution is -2.32. The van der Waals surface area contributed by atoms with Crippen LogP contribution < -0.4 is 16.6 Å². The molecular weight excluding hydrogens is 226 g/mol. The van der Waals surface area contributed by atoms with E-state index in [2.05, 4.69) is 20.7 Å². The van der Waals surface area contributed by atoms with Gasteiger partial charge in [-0.05, 0) is 18.9 Å². The molecule has 98 valence electrons. The number of H-pyrrole nitrogens is 1. The molecule has 2 aliphatic rings. The summed E-state index contributed by atoms with van der Waals surface area (Å²) in [6.07, 6.45) is 9.96. The van der Waals surface area contributed by atoms with Crippen molar-refractivity contribution < 1.29 is 1.43 Å². The molecule has 0 spiro atoms. The van der Waals surface area contributed by atoms with Gasteiger partial charge in [-0.15, -0.1) is 0 Å². The molecule has 0 saturated heterocycles. The number of allylic oxidation sites excluding steroid dienone is 1. The van der Waals surface area contributed by atoms with Crippen molar-refractivity contribution in [1.29, 1.82) is 0 Å². The first-order valence-corrected chi connectivity index (χ1v) is 6.58. The van der Waals surface area contributed by atoms with Crippen molar-refractivity contribution in [3.63, 3.8) is 0 Å². The van der Waals surface area contributed by atoms with Crippen LogP contribution in [0.15, 0.2) is 23.0 Å². The Bertz CT molecular complexity index is 485. The number of aliphatic imine (C=N–C) groups is 1. The molecule has 5 N–H and O–H groups in total. The van der Waals surface area contributed by atoms with E-state index in [1.54, 1.807) is 6.34 Å². The van der Waals surface area contributed by atoms with Crippen LogP contribution in [0.2, 0.25) is 0 Å². The van der Waals surface area contributed by atoms with E-state index in [0.29, 0.717) is 5.92 Å². The summed E-state index contributed by atoms with van der Waals surface area (Å²) in [5, 5.41) is 3.24. The maximum atomic E-state index is 5.76. The van der Waals surface area contributed by atoms with E-state index in [1.165, 1.54) is 32.1 Å². The summed E-state index contributed by atoms with van der Waals surface area (Å²) in [4.78, 5) is 7.40. The Labute approximate surface area is 108 Å². The van der Waals surface area contributed by atoms with Gasteiger partial charge in [0.1, 0.15) is 5.82 Å². The second kappa shape index (κ2) is 4.86. The summed E-state index contributed by atoms with van der Waals surface area (Å²) in [5.41, 5.74) is 6.19. The predicted molar refractivity (Wildman–Crippen MR) is 75.0 cm³/mol. The van der Waals surface area contributed by atoms with E-state index in [-0.39, 0.29) is 1.43 Å². The van der Waals surface area contributed by atoms with Gasteiger partial charge in [-0.2, -0.15) is 0 Å². The zero-order chi connectivity index (χ0) is 12.4. The number of hydrazine groups is 1. The van der Waals surface area contributed by atoms with Crippen LogP contribution in [0.4, 0.5) is 5.82 Å². The molecule has 3 rings (SSSR count). The molecule has 18 heavy (non-hydrogen) atoms. The number of rotatable bonds is 2. The normalized spacial score (nSPS) is 22.3. The third kappa shape index (κ3) is 1.90. The van der Waals surface area contributed by atoms with Gasteiger partial charge in [0.25, 0.3) is 0 Å². The van der Waals surface area contributed by atoms with Gasteiger partial charge < -0.3 is 15.7 Å². The van der Waals surface area contributed by atoms with E-state index < -0.39 is 0 Å². The monoisotopic (exact) mass is 247 g/mol. The number of fused-ring (bicyclic) bond motifs is 1. The van der Waals surface area contributed by atoms with E-state index in [4.69, 9.17) is 5.84 Å². The van der Waals surface area contributed by atoms with Crippen molar-refractivity contribution in [3.05, 3.63) is 23.5 Å². The first kappa shape index (κ1) is 11.3. The van der Waals surface area contributed by atoms with Crippen LogP contribution >= 0.6 is 0 Å². The van der Waals surface area contributed by atoms with Gasteiger partial charge in [-0.1, -0.05) is 19.3 Å². The van der Waals surface area contributed by atoms with E-state index >= 15 is 0 Å². The fourth-order valence-corrected chi connectivity index (χ4v) is 2.92. The van der Waals surface area contributed by atoms with Gasteiger partial charge in [0.2, 0.25) is 0 Å². The summed E-state index contributed by atoms with van der Waals surface area (Å²) in [6.45, 7) is 0. The molecule has 0 atom stereocenters. The van der Waals surface area contributed by atoms with Crippen molar-refractivity contribution >= 4 is 17.9 Å². The van der Waals surface area contributed by atoms with Crippen molar-refractivity contribution in [2.45, 2.75) is 32.1 Å². The highest BCUT2D eigenvalue weighted by Crippen LogP contribution is 2.34. The Kier molecular flexibility index (Phi) is 3.06. The molecule has 5 heteroatoms. The molecule has 0 radical (unpaired) electrons. The molecule has 5 nitrogen and oxygen atoms in total. The number of aromatic nitrogens is 1. The van der Waals surface area contributed by atoms with Gasteiger partial charge in [0, 0.05) is 19.1 Å². The SMILES string of the molecule is NN/C(=C1\NC=Nc2[nH]ccc21)C1CCCCC1.[HH]. The number of nitrogens with two attached hydrogens (primary N) is 1. The lowest BCUT2D eigenvalue weighted by Gasteiger charge is -2.27. The maximum absolute atomic E-state index is 5.76. The van der Waals surface area contributed by atoms with Crippen LogP contribution in [-0.4, -0.2) is 11.3 Å². The molecule has 0 unspecified atom stereocenters. The number of hydrogen-bond donors (Lipinski definition) is 4. The van der Waals surface area contributed by atoms with Crippen molar-refractivity contribution in [1.82, 2.24) is 15.7 Å². The fourth-order valence-electron chi connectivity index (χ4n) is 2.92. The Morgan fingerprint density at radius 2 is 2.22 bits per heavy atom. The zero-order valence-electron chi connectivity index (χ0n) is 10.4. The standard InChI is InChI=1S/C13H19N5.H2/c14-18-11(9-4-2-1-3-5-9)12-10-6-7-15-13(10)17-8-16-12;/h6-9,15,18H,1-5,14H2,(H,16,17);1H/b12-11-;. The molecule has 0 amide bonds. The number of nitrogens with one attached hydrogen (secondary N) is 3. The fraction of sp³-hybridized carbons (Fsp3) is 0.462. The molecule has 1 aromatic rings. The summed E-state index contributed by atoms with van der Waals surface area (Å²) < 4.78 is 0. The van der Waals surface area contributed by atoms with Gasteiger partial charge in [0.15, 0.2) is 0 Å². The van der Waals surface area contributed by atoms with E-state index in [1.807, 2.05) is 12.3 Å². The van der Waals surface area contributed by atoms with E-state index in [9.17, 15) is 0 Å². The lowest BCUT2D eigenvalue weighted by molar-refractivity contribution is 0.387. The Balaban J connectivity index is 0.00000133. The largest absolute Gasteiger partial charge is 0.346 e. The number of nitrogens with zero attached hydrogens (tertiary/aromatic N) is 1. The number of aromatic amines is 1. The highest BCUT2D eigenvalue weighted by Gasteiger charge is 2.23. The summed E-state index contributed by atoms with van der Waals surface area (Å²) >= 11 is 0. The van der Waals surface area contributed by atoms with Crippen LogP contribution in [-0.2, 0) is 0 Å². The molecule has 1 saturated carbocycles. The minimum absolute atomic E-state index is 0. The van der Waals surface area contributed by atoms with Crippen LogP contribution in [0.5, 0.6) is 0 Å². The molecule has 0 aromatic carbocycles. The zero-order valence-corrected chi connectivity index (χ0v) is 10.4. The first-order valence-electron chi connectivity index (χ1n) is 6.58. The smallest absolute Gasteiger partial charge is 0.141 e. The van der Waals surface area contributed by atoms with Crippen LogP contribution in [0, 0.1) is 5.92 Å². The maximum Gasteiger partial charge on any atom is 0.141 e. The average Bonchev–Trinajstić information content (AvgIpc) is 2.90. The molecule has 1 aliphatic carbocycles. The Morgan fingerprint density at radius 1 is 1.39 bits per heavy atom. The second-order valence-electron chi connectivity index (χ2n) is 4.91.